The first-order valence-corrected chi connectivity index (χ1v) is 17.3. The number of anilines is 1. The van der Waals surface area contributed by atoms with Gasteiger partial charge in [0, 0.05) is 11.8 Å². The van der Waals surface area contributed by atoms with Crippen LogP contribution in [-0.2, 0) is 29.1 Å². The van der Waals surface area contributed by atoms with E-state index in [0.717, 1.165) is 24.0 Å². The molecule has 1 aliphatic heterocycles. The van der Waals surface area contributed by atoms with Gasteiger partial charge in [0.15, 0.2) is 5.78 Å². The molecule has 10 heteroatoms. The molecule has 2 aromatic rings. The number of carbonyl (C=O) groups is 3. The Morgan fingerprint density at radius 3 is 2.20 bits per heavy atom. The van der Waals surface area contributed by atoms with Gasteiger partial charge in [-0.15, -0.1) is 0 Å². The molecule has 3 aliphatic carbocycles. The Balaban J connectivity index is 1.46. The summed E-state index contributed by atoms with van der Waals surface area (Å²) in [4.78, 5) is 42.3. The summed E-state index contributed by atoms with van der Waals surface area (Å²) in [5.74, 6) is -1.30. The zero-order valence-electron chi connectivity index (χ0n) is 27.4. The molecule has 0 spiro atoms. The molecule has 4 aliphatic rings. The van der Waals surface area contributed by atoms with Crippen LogP contribution in [0.1, 0.15) is 78.4 Å². The van der Waals surface area contributed by atoms with Crippen molar-refractivity contribution < 1.29 is 32.3 Å². The number of piperidine rings is 1. The maximum atomic E-state index is 14.7. The SMILES string of the molecule is Cc1cc(C)cc(N(C2[C@H]3CC[C@@](C)([C@@H]2OC(=O)[C@@]24C(=O)CC[C@@H]2N4C(=O)OC(C)(C)C)C3(C)C)S(=O)(=O)c2ccccc2)c1. The van der Waals surface area contributed by atoms with Gasteiger partial charge in [0.1, 0.15) is 11.7 Å². The number of benzene rings is 2. The predicted octanol–water partition coefficient (Wildman–Crippen LogP) is 5.96. The van der Waals surface area contributed by atoms with Crippen LogP contribution in [0.5, 0.6) is 0 Å². The van der Waals surface area contributed by atoms with Crippen molar-refractivity contribution in [2.24, 2.45) is 16.7 Å². The number of nitrogens with zero attached hydrogens (tertiary/aromatic N) is 2. The van der Waals surface area contributed by atoms with Crippen molar-refractivity contribution >= 4 is 33.6 Å². The Bertz CT molecular complexity index is 1660. The van der Waals surface area contributed by atoms with E-state index in [9.17, 15) is 22.8 Å². The second kappa shape index (κ2) is 10.0. The van der Waals surface area contributed by atoms with Gasteiger partial charge in [-0.05, 0) is 101 Å². The molecule has 0 aromatic heterocycles. The lowest BCUT2D eigenvalue weighted by molar-refractivity contribution is -0.163. The van der Waals surface area contributed by atoms with E-state index >= 15 is 0 Å². The van der Waals surface area contributed by atoms with Crippen LogP contribution in [0.3, 0.4) is 0 Å². The number of amides is 1. The van der Waals surface area contributed by atoms with E-state index in [-0.39, 0.29) is 23.0 Å². The predicted molar refractivity (Wildman–Crippen MR) is 169 cm³/mol. The monoisotopic (exact) mass is 636 g/mol. The van der Waals surface area contributed by atoms with Crippen LogP contribution in [0.2, 0.25) is 0 Å². The lowest BCUT2D eigenvalue weighted by atomic mass is 9.70. The van der Waals surface area contributed by atoms with Gasteiger partial charge in [-0.1, -0.05) is 45.0 Å². The lowest BCUT2D eigenvalue weighted by Gasteiger charge is -2.43. The van der Waals surface area contributed by atoms with E-state index < -0.39 is 62.2 Å². The molecule has 242 valence electrons. The highest BCUT2D eigenvalue weighted by atomic mass is 32.2. The van der Waals surface area contributed by atoms with Crippen molar-refractivity contribution in [1.29, 1.82) is 0 Å². The number of sulfonamides is 1. The maximum Gasteiger partial charge on any atom is 0.412 e. The molecular formula is C35H44N2O7S. The van der Waals surface area contributed by atoms with Gasteiger partial charge in [0.25, 0.3) is 10.0 Å². The third kappa shape index (κ3) is 4.53. The Hall–Kier alpha value is -3.40. The molecule has 1 unspecified atom stereocenters. The number of hydrogen-bond donors (Lipinski definition) is 0. The Morgan fingerprint density at radius 1 is 0.978 bits per heavy atom. The number of likely N-dealkylation sites (tertiary alicyclic amines) is 1. The van der Waals surface area contributed by atoms with Gasteiger partial charge in [-0.2, -0.15) is 0 Å². The first-order chi connectivity index (χ1) is 20.9. The van der Waals surface area contributed by atoms with Crippen LogP contribution < -0.4 is 4.31 Å². The molecule has 2 aromatic carbocycles. The summed E-state index contributed by atoms with van der Waals surface area (Å²) in [6.45, 7) is 15.3. The van der Waals surface area contributed by atoms with Crippen LogP contribution in [0.4, 0.5) is 10.5 Å². The van der Waals surface area contributed by atoms with Gasteiger partial charge in [-0.3, -0.25) is 14.0 Å². The van der Waals surface area contributed by atoms with Crippen molar-refractivity contribution in [3.63, 3.8) is 0 Å². The lowest BCUT2D eigenvalue weighted by Crippen LogP contribution is -2.55. The van der Waals surface area contributed by atoms with Crippen LogP contribution in [0.15, 0.2) is 53.4 Å². The molecule has 4 fully saturated rings. The standard InChI is InChI=1S/C35H44N2O7S/c1-21-18-22(2)20-23(19-21)37(45(41,42)24-12-10-9-11-13-24)28-25-16-17-34(8,33(25,6)7)29(28)43-30(39)35-26(14-15-27(35)38)36(35)31(40)44-32(3,4)5/h9-13,18-20,25-26,28-29H,14-17H2,1-8H3/t25-,26+,28?,29-,34+,35+,36?/m1/s1. The molecule has 45 heavy (non-hydrogen) atoms. The fraction of sp³-hybridized carbons (Fsp3) is 0.571. The van der Waals surface area contributed by atoms with Crippen LogP contribution in [0.25, 0.3) is 0 Å². The number of Topliss-reactive ketones (excluding diaryl/α,β-unsaturated/α-hetero) is 1. The average molecular weight is 637 g/mol. The highest BCUT2D eigenvalue weighted by Crippen LogP contribution is 2.68. The smallest absolute Gasteiger partial charge is 0.412 e. The van der Waals surface area contributed by atoms with Crippen LogP contribution in [-0.4, -0.2) is 60.5 Å². The number of ketones is 1. The summed E-state index contributed by atoms with van der Waals surface area (Å²) in [7, 11) is -4.13. The van der Waals surface area contributed by atoms with Gasteiger partial charge >= 0.3 is 12.1 Å². The Morgan fingerprint density at radius 2 is 1.60 bits per heavy atom. The number of esters is 1. The molecule has 1 heterocycles. The van der Waals surface area contributed by atoms with Crippen molar-refractivity contribution in [1.82, 2.24) is 4.90 Å². The fourth-order valence-corrected chi connectivity index (χ4v) is 10.3. The number of fused-ring (bicyclic) bond motifs is 3. The van der Waals surface area contributed by atoms with Crippen LogP contribution in [0, 0.1) is 30.6 Å². The minimum absolute atomic E-state index is 0.142. The minimum atomic E-state index is -4.13. The molecule has 2 bridgehead atoms. The second-order valence-electron chi connectivity index (χ2n) is 15.2. The highest BCUT2D eigenvalue weighted by Gasteiger charge is 2.80. The number of rotatable bonds is 6. The zero-order valence-corrected chi connectivity index (χ0v) is 28.2. The molecule has 0 radical (unpaired) electrons. The molecule has 0 N–H and O–H groups in total. The van der Waals surface area contributed by atoms with E-state index in [1.807, 2.05) is 32.0 Å². The topological polar surface area (TPSA) is 110 Å². The van der Waals surface area contributed by atoms with Crippen molar-refractivity contribution in [3.8, 4) is 0 Å². The summed E-state index contributed by atoms with van der Waals surface area (Å²) < 4.78 is 42.9. The number of ether oxygens (including phenoxy) is 2. The molecule has 9 nitrogen and oxygen atoms in total. The quantitative estimate of drug-likeness (QED) is 0.219. The highest BCUT2D eigenvalue weighted by molar-refractivity contribution is 7.92. The average Bonchev–Trinajstić information content (AvgIpc) is 3.36. The summed E-state index contributed by atoms with van der Waals surface area (Å²) in [5.41, 5.74) is -1.23. The van der Waals surface area contributed by atoms with Crippen LogP contribution >= 0.6 is 0 Å². The summed E-state index contributed by atoms with van der Waals surface area (Å²) >= 11 is 0. The molecule has 1 saturated heterocycles. The third-order valence-electron chi connectivity index (χ3n) is 11.1. The Labute approximate surface area is 266 Å². The first kappa shape index (κ1) is 31.6. The van der Waals surface area contributed by atoms with Gasteiger partial charge in [-0.25, -0.2) is 18.0 Å². The molecule has 6 rings (SSSR count). The molecular weight excluding hydrogens is 592 g/mol. The minimum Gasteiger partial charge on any atom is -0.457 e. The molecule has 3 saturated carbocycles. The van der Waals surface area contributed by atoms with E-state index in [4.69, 9.17) is 9.47 Å². The van der Waals surface area contributed by atoms with Crippen molar-refractivity contribution in [2.75, 3.05) is 4.31 Å². The number of aryl methyl sites for hydroxylation is 2. The van der Waals surface area contributed by atoms with Crippen molar-refractivity contribution in [2.45, 2.75) is 115 Å². The van der Waals surface area contributed by atoms with Gasteiger partial charge < -0.3 is 9.47 Å². The second-order valence-corrected chi connectivity index (χ2v) is 17.0. The summed E-state index contributed by atoms with van der Waals surface area (Å²) in [5, 5.41) is 0. The van der Waals surface area contributed by atoms with E-state index in [1.54, 1.807) is 51.1 Å². The normalized spacial score (nSPS) is 31.5. The largest absolute Gasteiger partial charge is 0.457 e. The fourth-order valence-electron chi connectivity index (χ4n) is 8.60. The first-order valence-electron chi connectivity index (χ1n) is 15.8. The van der Waals surface area contributed by atoms with E-state index in [1.165, 1.54) is 9.21 Å². The molecule has 6 atom stereocenters. The molecule has 1 amide bonds. The number of carbonyl (C=O) groups excluding carboxylic acids is 3. The maximum absolute atomic E-state index is 14.7. The van der Waals surface area contributed by atoms with Crippen molar-refractivity contribution in [3.05, 3.63) is 59.7 Å². The zero-order chi connectivity index (χ0) is 32.9. The summed E-state index contributed by atoms with van der Waals surface area (Å²) in [6.07, 6.45) is 0.398. The van der Waals surface area contributed by atoms with E-state index in [0.29, 0.717) is 12.1 Å². The third-order valence-corrected chi connectivity index (χ3v) is 12.9. The van der Waals surface area contributed by atoms with Gasteiger partial charge in [0.2, 0.25) is 5.54 Å². The van der Waals surface area contributed by atoms with Gasteiger partial charge in [0.05, 0.1) is 22.7 Å². The summed E-state index contributed by atoms with van der Waals surface area (Å²) in [6, 6.07) is 12.6. The Kier molecular flexibility index (Phi) is 7.05. The van der Waals surface area contributed by atoms with E-state index in [2.05, 4.69) is 20.8 Å². The number of hydrogen-bond acceptors (Lipinski definition) is 7.